The van der Waals surface area contributed by atoms with Crippen molar-refractivity contribution < 1.29 is 14.4 Å². The van der Waals surface area contributed by atoms with Crippen LogP contribution < -0.4 is 5.32 Å². The zero-order valence-electron chi connectivity index (χ0n) is 11.6. The first-order valence-corrected chi connectivity index (χ1v) is 6.22. The fraction of sp³-hybridized carbons (Fsp3) is 0.0625. The molecule has 1 aliphatic heterocycles. The highest BCUT2D eigenvalue weighted by atomic mass is 16.2. The van der Waals surface area contributed by atoms with Crippen LogP contribution in [0.5, 0.6) is 0 Å². The Morgan fingerprint density at radius 3 is 2.48 bits per heavy atom. The summed E-state index contributed by atoms with van der Waals surface area (Å²) in [5.41, 5.74) is 1.34. The van der Waals surface area contributed by atoms with Crippen molar-refractivity contribution in [1.29, 1.82) is 0 Å². The SMILES string of the molecule is C=C/C=C(\C=C)NC(=O)c1ccc2c(c1)C(=O)N(C)C2=O. The van der Waals surface area contributed by atoms with Gasteiger partial charge in [-0.25, -0.2) is 0 Å². The minimum Gasteiger partial charge on any atom is -0.322 e. The molecule has 5 nitrogen and oxygen atoms in total. The highest BCUT2D eigenvalue weighted by molar-refractivity contribution is 6.21. The molecule has 0 saturated heterocycles. The average molecular weight is 282 g/mol. The maximum atomic E-state index is 12.1. The third-order valence-corrected chi connectivity index (χ3v) is 3.13. The Hall–Kier alpha value is -2.95. The van der Waals surface area contributed by atoms with E-state index < -0.39 is 5.91 Å². The highest BCUT2D eigenvalue weighted by Crippen LogP contribution is 2.22. The fourth-order valence-corrected chi connectivity index (χ4v) is 1.99. The second-order valence-corrected chi connectivity index (χ2v) is 4.45. The van der Waals surface area contributed by atoms with Crippen LogP contribution in [0, 0.1) is 0 Å². The summed E-state index contributed by atoms with van der Waals surface area (Å²) in [4.78, 5) is 36.8. The molecule has 0 atom stereocenters. The summed E-state index contributed by atoms with van der Waals surface area (Å²) in [6.45, 7) is 7.12. The number of imide groups is 1. The van der Waals surface area contributed by atoms with E-state index in [9.17, 15) is 14.4 Å². The van der Waals surface area contributed by atoms with Crippen molar-refractivity contribution >= 4 is 17.7 Å². The van der Waals surface area contributed by atoms with Gasteiger partial charge in [0.15, 0.2) is 0 Å². The predicted octanol–water partition coefficient (Wildman–Crippen LogP) is 1.90. The maximum Gasteiger partial charge on any atom is 0.261 e. The molecule has 1 aromatic carbocycles. The summed E-state index contributed by atoms with van der Waals surface area (Å²) in [7, 11) is 1.41. The van der Waals surface area contributed by atoms with E-state index in [0.29, 0.717) is 16.8 Å². The van der Waals surface area contributed by atoms with Crippen LogP contribution >= 0.6 is 0 Å². The molecule has 0 spiro atoms. The van der Waals surface area contributed by atoms with Gasteiger partial charge in [-0.15, -0.1) is 0 Å². The molecule has 1 aliphatic rings. The van der Waals surface area contributed by atoms with Crippen LogP contribution in [0.1, 0.15) is 31.1 Å². The van der Waals surface area contributed by atoms with Gasteiger partial charge in [-0.2, -0.15) is 0 Å². The molecule has 0 aliphatic carbocycles. The lowest BCUT2D eigenvalue weighted by atomic mass is 10.1. The molecule has 21 heavy (non-hydrogen) atoms. The van der Waals surface area contributed by atoms with Gasteiger partial charge in [-0.1, -0.05) is 19.2 Å². The number of amides is 3. The van der Waals surface area contributed by atoms with Gasteiger partial charge >= 0.3 is 0 Å². The predicted molar refractivity (Wildman–Crippen MR) is 78.8 cm³/mol. The molecule has 1 heterocycles. The molecule has 1 aromatic rings. The lowest BCUT2D eigenvalue weighted by Crippen LogP contribution is -2.24. The molecule has 0 fully saturated rings. The lowest BCUT2D eigenvalue weighted by molar-refractivity contribution is 0.0693. The van der Waals surface area contributed by atoms with Crippen LogP contribution in [0.4, 0.5) is 0 Å². The quantitative estimate of drug-likeness (QED) is 0.677. The molecule has 0 saturated carbocycles. The van der Waals surface area contributed by atoms with Crippen LogP contribution in [0.2, 0.25) is 0 Å². The molecule has 0 aromatic heterocycles. The van der Waals surface area contributed by atoms with Gasteiger partial charge in [0.2, 0.25) is 0 Å². The molecule has 3 amide bonds. The Kier molecular flexibility index (Phi) is 3.84. The number of nitrogens with zero attached hydrogens (tertiary/aromatic N) is 1. The molecule has 1 N–H and O–H groups in total. The number of rotatable bonds is 4. The molecule has 0 bridgehead atoms. The van der Waals surface area contributed by atoms with E-state index in [1.54, 1.807) is 6.08 Å². The minimum absolute atomic E-state index is 0.239. The van der Waals surface area contributed by atoms with E-state index in [1.165, 1.54) is 37.4 Å². The van der Waals surface area contributed by atoms with Gasteiger partial charge < -0.3 is 5.32 Å². The summed E-state index contributed by atoms with van der Waals surface area (Å²) in [6, 6.07) is 4.41. The molecular formula is C16H14N2O3. The maximum absolute atomic E-state index is 12.1. The molecule has 2 rings (SSSR count). The summed E-state index contributed by atoms with van der Waals surface area (Å²) in [6.07, 6.45) is 4.60. The van der Waals surface area contributed by atoms with Crippen molar-refractivity contribution in [2.75, 3.05) is 7.05 Å². The van der Waals surface area contributed by atoms with E-state index in [-0.39, 0.29) is 17.4 Å². The van der Waals surface area contributed by atoms with E-state index >= 15 is 0 Å². The number of hydrogen-bond donors (Lipinski definition) is 1. The largest absolute Gasteiger partial charge is 0.322 e. The van der Waals surface area contributed by atoms with Crippen molar-refractivity contribution in [2.24, 2.45) is 0 Å². The molecule has 5 heteroatoms. The smallest absolute Gasteiger partial charge is 0.261 e. The second kappa shape index (κ2) is 5.58. The summed E-state index contributed by atoms with van der Waals surface area (Å²) < 4.78 is 0. The molecular weight excluding hydrogens is 268 g/mol. The number of nitrogens with one attached hydrogen (secondary N) is 1. The van der Waals surface area contributed by atoms with Crippen molar-refractivity contribution in [2.45, 2.75) is 0 Å². The van der Waals surface area contributed by atoms with Crippen molar-refractivity contribution in [1.82, 2.24) is 10.2 Å². The normalized spacial score (nSPS) is 14.0. The zero-order chi connectivity index (χ0) is 15.6. The minimum atomic E-state index is -0.407. The zero-order valence-corrected chi connectivity index (χ0v) is 11.6. The third kappa shape index (κ3) is 2.53. The summed E-state index contributed by atoms with van der Waals surface area (Å²) in [5.74, 6) is -1.16. The molecule has 0 radical (unpaired) electrons. The van der Waals surface area contributed by atoms with Gasteiger partial charge in [-0.3, -0.25) is 19.3 Å². The van der Waals surface area contributed by atoms with E-state index in [1.807, 2.05) is 0 Å². The van der Waals surface area contributed by atoms with Gasteiger partial charge in [-0.05, 0) is 30.4 Å². The van der Waals surface area contributed by atoms with E-state index in [2.05, 4.69) is 18.5 Å². The first kappa shape index (κ1) is 14.5. The van der Waals surface area contributed by atoms with Crippen molar-refractivity contribution in [3.05, 3.63) is 72.0 Å². The molecule has 0 unspecified atom stereocenters. The van der Waals surface area contributed by atoms with Gasteiger partial charge in [0.1, 0.15) is 0 Å². The highest BCUT2D eigenvalue weighted by Gasteiger charge is 2.33. The van der Waals surface area contributed by atoms with Gasteiger partial charge in [0, 0.05) is 18.3 Å². The Balaban J connectivity index is 2.32. The monoisotopic (exact) mass is 282 g/mol. The van der Waals surface area contributed by atoms with Crippen LogP contribution in [0.25, 0.3) is 0 Å². The Morgan fingerprint density at radius 2 is 1.86 bits per heavy atom. The third-order valence-electron chi connectivity index (χ3n) is 3.13. The number of benzene rings is 1. The van der Waals surface area contributed by atoms with Crippen molar-refractivity contribution in [3.8, 4) is 0 Å². The number of allylic oxidation sites excluding steroid dienone is 3. The number of fused-ring (bicyclic) bond motifs is 1. The lowest BCUT2D eigenvalue weighted by Gasteiger charge is -2.06. The van der Waals surface area contributed by atoms with Crippen LogP contribution in [-0.2, 0) is 0 Å². The molecule has 106 valence electrons. The number of carbonyl (C=O) groups is 3. The Morgan fingerprint density at radius 1 is 1.19 bits per heavy atom. The van der Waals surface area contributed by atoms with Crippen LogP contribution in [0.3, 0.4) is 0 Å². The number of hydrogen-bond acceptors (Lipinski definition) is 3. The Labute approximate surface area is 122 Å². The fourth-order valence-electron chi connectivity index (χ4n) is 1.99. The van der Waals surface area contributed by atoms with E-state index in [0.717, 1.165) is 4.90 Å². The second-order valence-electron chi connectivity index (χ2n) is 4.45. The first-order valence-electron chi connectivity index (χ1n) is 6.22. The summed E-state index contributed by atoms with van der Waals surface area (Å²) in [5, 5.41) is 2.64. The van der Waals surface area contributed by atoms with Gasteiger partial charge in [0.05, 0.1) is 11.1 Å². The topological polar surface area (TPSA) is 66.5 Å². The van der Waals surface area contributed by atoms with Gasteiger partial charge in [0.25, 0.3) is 17.7 Å². The Bertz CT molecular complexity index is 701. The number of carbonyl (C=O) groups excluding carboxylic acids is 3. The average Bonchev–Trinajstić information content (AvgIpc) is 2.71. The summed E-state index contributed by atoms with van der Waals surface area (Å²) >= 11 is 0. The van der Waals surface area contributed by atoms with Crippen LogP contribution in [0.15, 0.2) is 55.3 Å². The van der Waals surface area contributed by atoms with Crippen molar-refractivity contribution in [3.63, 3.8) is 0 Å². The standard InChI is InChI=1S/C16H14N2O3/c1-4-6-11(5-2)17-14(19)10-7-8-12-13(9-10)16(21)18(3)15(12)20/h4-9H,1-2H2,3H3,(H,17,19)/b11-6+. The first-order chi connectivity index (χ1) is 9.99. The van der Waals surface area contributed by atoms with E-state index in [4.69, 9.17) is 0 Å². The van der Waals surface area contributed by atoms with Crippen LogP contribution in [-0.4, -0.2) is 29.7 Å².